The van der Waals surface area contributed by atoms with Crippen LogP contribution in [0, 0.1) is 0 Å². The molecule has 126 valence electrons. The second-order valence-corrected chi connectivity index (χ2v) is 5.72. The highest BCUT2D eigenvalue weighted by molar-refractivity contribution is 6.30. The molecule has 0 saturated heterocycles. The Balaban J connectivity index is 1.63. The fraction of sp³-hybridized carbons (Fsp3) is 0.105. The van der Waals surface area contributed by atoms with Gasteiger partial charge in [0.2, 0.25) is 5.89 Å². The van der Waals surface area contributed by atoms with Gasteiger partial charge in [0.25, 0.3) is 5.89 Å². The van der Waals surface area contributed by atoms with Crippen LogP contribution < -0.4 is 0 Å². The Morgan fingerprint density at radius 2 is 1.96 bits per heavy atom. The number of halogens is 1. The van der Waals surface area contributed by atoms with Crippen molar-refractivity contribution in [3.8, 4) is 11.5 Å². The average Bonchev–Trinajstić information content (AvgIpc) is 3.11. The third kappa shape index (κ3) is 4.55. The largest absolute Gasteiger partial charge is 0.449 e. The average molecular weight is 355 g/mol. The second-order valence-electron chi connectivity index (χ2n) is 5.28. The van der Waals surface area contributed by atoms with Gasteiger partial charge in [-0.05, 0) is 42.8 Å². The van der Waals surface area contributed by atoms with E-state index in [9.17, 15) is 4.79 Å². The summed E-state index contributed by atoms with van der Waals surface area (Å²) in [4.78, 5) is 11.9. The number of hydrogen-bond acceptors (Lipinski definition) is 5. The second kappa shape index (κ2) is 7.77. The molecule has 2 aromatic carbocycles. The summed E-state index contributed by atoms with van der Waals surface area (Å²) in [7, 11) is 0. The summed E-state index contributed by atoms with van der Waals surface area (Å²) < 4.78 is 10.9. The Morgan fingerprint density at radius 3 is 2.72 bits per heavy atom. The van der Waals surface area contributed by atoms with E-state index in [-0.39, 0.29) is 5.89 Å². The van der Waals surface area contributed by atoms with E-state index in [4.69, 9.17) is 20.8 Å². The maximum absolute atomic E-state index is 11.9. The monoisotopic (exact) mass is 354 g/mol. The molecule has 0 unspecified atom stereocenters. The van der Waals surface area contributed by atoms with Crippen molar-refractivity contribution in [1.82, 2.24) is 10.2 Å². The maximum atomic E-state index is 11.9. The molecule has 25 heavy (non-hydrogen) atoms. The first-order valence-electron chi connectivity index (χ1n) is 7.65. The Bertz CT molecular complexity index is 890. The predicted octanol–water partition coefficient (Wildman–Crippen LogP) is 4.71. The highest BCUT2D eigenvalue weighted by Gasteiger charge is 2.17. The molecule has 3 rings (SSSR count). The summed E-state index contributed by atoms with van der Waals surface area (Å²) >= 11 is 5.90. The van der Waals surface area contributed by atoms with E-state index in [1.807, 2.05) is 36.4 Å². The summed E-state index contributed by atoms with van der Waals surface area (Å²) in [6.45, 7) is 1.67. The molecule has 1 heterocycles. The molecular formula is C19H15ClN2O3. The molecule has 6 heteroatoms. The van der Waals surface area contributed by atoms with Crippen LogP contribution in [0.2, 0.25) is 5.02 Å². The Hall–Kier alpha value is -2.92. The summed E-state index contributed by atoms with van der Waals surface area (Å²) in [6, 6.07) is 16.5. The number of esters is 1. The van der Waals surface area contributed by atoms with Crippen molar-refractivity contribution in [2.45, 2.75) is 13.0 Å². The Morgan fingerprint density at radius 1 is 1.16 bits per heavy atom. The first kappa shape index (κ1) is 16.9. The van der Waals surface area contributed by atoms with Crippen molar-refractivity contribution < 1.29 is 13.9 Å². The summed E-state index contributed by atoms with van der Waals surface area (Å²) in [5, 5.41) is 8.52. The van der Waals surface area contributed by atoms with Crippen LogP contribution in [0.15, 0.2) is 65.1 Å². The van der Waals surface area contributed by atoms with Crippen LogP contribution in [0.25, 0.3) is 17.5 Å². The molecule has 0 amide bonds. The van der Waals surface area contributed by atoms with E-state index in [2.05, 4.69) is 10.2 Å². The lowest BCUT2D eigenvalue weighted by molar-refractivity contribution is -0.143. The van der Waals surface area contributed by atoms with Crippen molar-refractivity contribution in [3.05, 3.63) is 77.2 Å². The predicted molar refractivity (Wildman–Crippen MR) is 94.7 cm³/mol. The number of hydrogen-bond donors (Lipinski definition) is 0. The van der Waals surface area contributed by atoms with Gasteiger partial charge in [-0.15, -0.1) is 10.2 Å². The van der Waals surface area contributed by atoms with Crippen molar-refractivity contribution in [2.75, 3.05) is 0 Å². The molecule has 0 aliphatic rings. The van der Waals surface area contributed by atoms with Crippen LogP contribution in [0.4, 0.5) is 0 Å². The molecule has 1 atom stereocenters. The Kier molecular flexibility index (Phi) is 5.26. The van der Waals surface area contributed by atoms with Gasteiger partial charge in [-0.25, -0.2) is 4.79 Å². The SMILES string of the molecule is C[C@H](OC(=O)/C=C/c1cccc(Cl)c1)c1nnc(-c2ccccc2)o1. The number of benzene rings is 2. The molecule has 0 N–H and O–H groups in total. The molecule has 3 aromatic rings. The lowest BCUT2D eigenvalue weighted by Crippen LogP contribution is -2.06. The zero-order valence-electron chi connectivity index (χ0n) is 13.4. The number of rotatable bonds is 5. The van der Waals surface area contributed by atoms with E-state index in [1.165, 1.54) is 6.08 Å². The molecule has 0 radical (unpaired) electrons. The minimum absolute atomic E-state index is 0.239. The molecule has 0 aliphatic carbocycles. The van der Waals surface area contributed by atoms with Gasteiger partial charge in [-0.1, -0.05) is 41.9 Å². The van der Waals surface area contributed by atoms with Gasteiger partial charge in [-0.3, -0.25) is 0 Å². The standard InChI is InChI=1S/C19H15ClN2O3/c1-13(18-21-22-19(25-18)15-7-3-2-4-8-15)24-17(23)11-10-14-6-5-9-16(20)12-14/h2-13H,1H3/b11-10+/t13-/m0/s1. The smallest absolute Gasteiger partial charge is 0.331 e. The first-order valence-corrected chi connectivity index (χ1v) is 8.03. The highest BCUT2D eigenvalue weighted by Crippen LogP contribution is 2.22. The Labute approximate surface area is 149 Å². The van der Waals surface area contributed by atoms with Gasteiger partial charge >= 0.3 is 5.97 Å². The zero-order valence-corrected chi connectivity index (χ0v) is 14.2. The highest BCUT2D eigenvalue weighted by atomic mass is 35.5. The third-order valence-corrected chi connectivity index (χ3v) is 3.60. The fourth-order valence-corrected chi connectivity index (χ4v) is 2.33. The van der Waals surface area contributed by atoms with Crippen molar-refractivity contribution in [2.24, 2.45) is 0 Å². The van der Waals surface area contributed by atoms with Crippen LogP contribution in [0.3, 0.4) is 0 Å². The minimum Gasteiger partial charge on any atom is -0.449 e. The summed E-state index contributed by atoms with van der Waals surface area (Å²) in [5.41, 5.74) is 1.61. The van der Waals surface area contributed by atoms with E-state index in [0.29, 0.717) is 10.9 Å². The van der Waals surface area contributed by atoms with Crippen molar-refractivity contribution >= 4 is 23.6 Å². The normalized spacial score (nSPS) is 12.2. The first-order chi connectivity index (χ1) is 12.1. The molecule has 5 nitrogen and oxygen atoms in total. The van der Waals surface area contributed by atoms with Crippen LogP contribution in [0.1, 0.15) is 24.5 Å². The van der Waals surface area contributed by atoms with E-state index in [1.54, 1.807) is 31.2 Å². The molecule has 0 fully saturated rings. The lowest BCUT2D eigenvalue weighted by atomic mass is 10.2. The van der Waals surface area contributed by atoms with Gasteiger partial charge in [0.15, 0.2) is 6.10 Å². The molecule has 0 bridgehead atoms. The number of aromatic nitrogens is 2. The fourth-order valence-electron chi connectivity index (χ4n) is 2.13. The molecule has 0 saturated carbocycles. The van der Waals surface area contributed by atoms with Gasteiger partial charge < -0.3 is 9.15 Å². The van der Waals surface area contributed by atoms with Gasteiger partial charge in [0, 0.05) is 16.7 Å². The number of nitrogens with zero attached hydrogens (tertiary/aromatic N) is 2. The van der Waals surface area contributed by atoms with Crippen LogP contribution in [-0.4, -0.2) is 16.2 Å². The van der Waals surface area contributed by atoms with Crippen molar-refractivity contribution in [1.29, 1.82) is 0 Å². The van der Waals surface area contributed by atoms with Crippen LogP contribution >= 0.6 is 11.6 Å². The van der Waals surface area contributed by atoms with Crippen LogP contribution in [0.5, 0.6) is 0 Å². The number of carbonyl (C=O) groups is 1. The summed E-state index contributed by atoms with van der Waals surface area (Å²) in [5.74, 6) is 0.114. The molecular weight excluding hydrogens is 340 g/mol. The van der Waals surface area contributed by atoms with E-state index < -0.39 is 12.1 Å². The lowest BCUT2D eigenvalue weighted by Gasteiger charge is -2.06. The van der Waals surface area contributed by atoms with E-state index in [0.717, 1.165) is 11.1 Å². The molecule has 0 aliphatic heterocycles. The van der Waals surface area contributed by atoms with E-state index >= 15 is 0 Å². The number of ether oxygens (including phenoxy) is 1. The minimum atomic E-state index is -0.651. The van der Waals surface area contributed by atoms with Gasteiger partial charge in [0.05, 0.1) is 0 Å². The molecule has 0 spiro atoms. The van der Waals surface area contributed by atoms with Crippen LogP contribution in [-0.2, 0) is 9.53 Å². The quantitative estimate of drug-likeness (QED) is 0.490. The molecule has 1 aromatic heterocycles. The third-order valence-electron chi connectivity index (χ3n) is 3.36. The number of carbonyl (C=O) groups excluding carboxylic acids is 1. The topological polar surface area (TPSA) is 65.2 Å². The van der Waals surface area contributed by atoms with Gasteiger partial charge in [-0.2, -0.15) is 0 Å². The van der Waals surface area contributed by atoms with Gasteiger partial charge in [0.1, 0.15) is 0 Å². The summed E-state index contributed by atoms with van der Waals surface area (Å²) in [6.07, 6.45) is 2.31. The zero-order chi connectivity index (χ0) is 17.6. The maximum Gasteiger partial charge on any atom is 0.331 e. The van der Waals surface area contributed by atoms with Crippen molar-refractivity contribution in [3.63, 3.8) is 0 Å².